The second-order valence-corrected chi connectivity index (χ2v) is 5.51. The first kappa shape index (κ1) is 19.8. The molecule has 7 nitrogen and oxygen atoms in total. The Morgan fingerprint density at radius 1 is 1.23 bits per heavy atom. The number of hydrogen-bond donors (Lipinski definition) is 2. The van der Waals surface area contributed by atoms with E-state index in [0.717, 1.165) is 36.8 Å². The van der Waals surface area contributed by atoms with Gasteiger partial charge in [-0.2, -0.15) is 0 Å². The molecule has 0 radical (unpaired) electrons. The molecular weight excluding hydrogens is 332 g/mol. The van der Waals surface area contributed by atoms with Gasteiger partial charge in [0.2, 0.25) is 5.88 Å². The van der Waals surface area contributed by atoms with Crippen LogP contribution in [-0.4, -0.2) is 37.2 Å². The summed E-state index contributed by atoms with van der Waals surface area (Å²) in [5.41, 5.74) is 0.966. The zero-order valence-electron chi connectivity index (χ0n) is 15.5. The fourth-order valence-electron chi connectivity index (χ4n) is 2.27. The Bertz CT molecular complexity index is 644. The summed E-state index contributed by atoms with van der Waals surface area (Å²) in [6, 6.07) is 7.64. The topological polar surface area (TPSA) is 80.9 Å². The van der Waals surface area contributed by atoms with Gasteiger partial charge in [0.05, 0.1) is 19.4 Å². The van der Waals surface area contributed by atoms with Crippen molar-refractivity contribution in [3.63, 3.8) is 0 Å². The first-order chi connectivity index (χ1) is 12.8. The highest BCUT2D eigenvalue weighted by Gasteiger charge is 2.04. The van der Waals surface area contributed by atoms with Crippen LogP contribution < -0.4 is 15.4 Å². The van der Waals surface area contributed by atoms with E-state index in [1.165, 1.54) is 0 Å². The second-order valence-electron chi connectivity index (χ2n) is 5.51. The SMILES string of the molecule is CCNC(=NCc1cccnc1OCC)NCCCOCc1ccco1. The maximum Gasteiger partial charge on any atom is 0.218 e. The third kappa shape index (κ3) is 7.14. The summed E-state index contributed by atoms with van der Waals surface area (Å²) in [5, 5.41) is 6.55. The molecule has 0 aliphatic carbocycles. The van der Waals surface area contributed by atoms with Crippen LogP contribution in [0.2, 0.25) is 0 Å². The Balaban J connectivity index is 1.74. The minimum atomic E-state index is 0.502. The molecule has 2 aromatic heterocycles. The summed E-state index contributed by atoms with van der Waals surface area (Å²) < 4.78 is 16.3. The molecule has 0 spiro atoms. The van der Waals surface area contributed by atoms with Gasteiger partial charge < -0.3 is 24.5 Å². The number of nitrogens with one attached hydrogen (secondary N) is 2. The zero-order valence-corrected chi connectivity index (χ0v) is 15.5. The molecule has 26 heavy (non-hydrogen) atoms. The minimum absolute atomic E-state index is 0.502. The third-order valence-electron chi connectivity index (χ3n) is 3.47. The number of nitrogens with zero attached hydrogens (tertiary/aromatic N) is 2. The lowest BCUT2D eigenvalue weighted by Gasteiger charge is -2.12. The number of furan rings is 1. The first-order valence-corrected chi connectivity index (χ1v) is 9.02. The van der Waals surface area contributed by atoms with Crippen molar-refractivity contribution in [3.05, 3.63) is 48.0 Å². The van der Waals surface area contributed by atoms with Crippen LogP contribution in [0.25, 0.3) is 0 Å². The second kappa shape index (κ2) is 11.9. The van der Waals surface area contributed by atoms with Crippen LogP contribution in [0.5, 0.6) is 5.88 Å². The molecular formula is C19H28N4O3. The molecule has 142 valence electrons. The predicted octanol–water partition coefficient (Wildman–Crippen LogP) is 2.74. The third-order valence-corrected chi connectivity index (χ3v) is 3.47. The number of ether oxygens (including phenoxy) is 2. The first-order valence-electron chi connectivity index (χ1n) is 9.02. The number of guanidine groups is 1. The number of aliphatic imine (C=N–C) groups is 1. The predicted molar refractivity (Wildman–Crippen MR) is 101 cm³/mol. The number of pyridine rings is 1. The molecule has 2 aromatic rings. The highest BCUT2D eigenvalue weighted by molar-refractivity contribution is 5.79. The van der Waals surface area contributed by atoms with E-state index in [0.29, 0.717) is 32.2 Å². The molecule has 0 bridgehead atoms. The van der Waals surface area contributed by atoms with Crippen LogP contribution in [0.1, 0.15) is 31.6 Å². The number of hydrogen-bond acceptors (Lipinski definition) is 5. The lowest BCUT2D eigenvalue weighted by atomic mass is 10.3. The van der Waals surface area contributed by atoms with E-state index >= 15 is 0 Å². The van der Waals surface area contributed by atoms with Gasteiger partial charge in [0.1, 0.15) is 12.4 Å². The molecule has 0 saturated carbocycles. The molecule has 2 heterocycles. The highest BCUT2D eigenvalue weighted by atomic mass is 16.5. The van der Waals surface area contributed by atoms with Crippen LogP contribution in [-0.2, 0) is 17.9 Å². The summed E-state index contributed by atoms with van der Waals surface area (Å²) in [6.07, 6.45) is 4.26. The van der Waals surface area contributed by atoms with Crippen molar-refractivity contribution in [3.8, 4) is 5.88 Å². The molecule has 2 N–H and O–H groups in total. The standard InChI is InChI=1S/C19H28N4O3/c1-3-20-19(22-11-7-12-24-15-17-9-6-13-26-17)23-14-16-8-5-10-21-18(16)25-4-2/h5-6,8-10,13H,3-4,7,11-12,14-15H2,1-2H3,(H2,20,22,23). The van der Waals surface area contributed by atoms with Crippen molar-refractivity contribution in [2.45, 2.75) is 33.4 Å². The highest BCUT2D eigenvalue weighted by Crippen LogP contribution is 2.15. The van der Waals surface area contributed by atoms with Gasteiger partial charge in [0.15, 0.2) is 5.96 Å². The minimum Gasteiger partial charge on any atom is -0.478 e. The van der Waals surface area contributed by atoms with Crippen LogP contribution in [0.4, 0.5) is 0 Å². The molecule has 0 saturated heterocycles. The van der Waals surface area contributed by atoms with Gasteiger partial charge in [0, 0.05) is 31.5 Å². The van der Waals surface area contributed by atoms with Crippen molar-refractivity contribution < 1.29 is 13.9 Å². The zero-order chi connectivity index (χ0) is 18.5. The average molecular weight is 360 g/mol. The summed E-state index contributed by atoms with van der Waals surface area (Å²) in [7, 11) is 0. The van der Waals surface area contributed by atoms with E-state index in [1.54, 1.807) is 12.5 Å². The maximum absolute atomic E-state index is 5.57. The Kier molecular flexibility index (Phi) is 9.07. The normalized spacial score (nSPS) is 11.4. The lowest BCUT2D eigenvalue weighted by molar-refractivity contribution is 0.105. The van der Waals surface area contributed by atoms with E-state index in [-0.39, 0.29) is 0 Å². The van der Waals surface area contributed by atoms with Crippen LogP contribution in [0.15, 0.2) is 46.1 Å². The van der Waals surface area contributed by atoms with Crippen molar-refractivity contribution >= 4 is 5.96 Å². The van der Waals surface area contributed by atoms with Gasteiger partial charge in [-0.3, -0.25) is 0 Å². The van der Waals surface area contributed by atoms with Gasteiger partial charge in [-0.05, 0) is 38.5 Å². The van der Waals surface area contributed by atoms with Crippen LogP contribution in [0, 0.1) is 0 Å². The van der Waals surface area contributed by atoms with Crippen molar-refractivity contribution in [2.75, 3.05) is 26.3 Å². The van der Waals surface area contributed by atoms with E-state index in [9.17, 15) is 0 Å². The van der Waals surface area contributed by atoms with E-state index in [2.05, 4.69) is 20.6 Å². The van der Waals surface area contributed by atoms with Crippen molar-refractivity contribution in [2.24, 2.45) is 4.99 Å². The molecule has 0 aliphatic rings. The molecule has 0 unspecified atom stereocenters. The fraction of sp³-hybridized carbons (Fsp3) is 0.474. The monoisotopic (exact) mass is 360 g/mol. The van der Waals surface area contributed by atoms with Gasteiger partial charge in [-0.1, -0.05) is 6.07 Å². The van der Waals surface area contributed by atoms with Crippen molar-refractivity contribution in [1.82, 2.24) is 15.6 Å². The number of rotatable bonds is 11. The Labute approximate surface area is 154 Å². The van der Waals surface area contributed by atoms with E-state index in [1.807, 2.05) is 38.1 Å². The summed E-state index contributed by atoms with van der Waals surface area (Å²) >= 11 is 0. The van der Waals surface area contributed by atoms with Crippen molar-refractivity contribution in [1.29, 1.82) is 0 Å². The smallest absolute Gasteiger partial charge is 0.218 e. The van der Waals surface area contributed by atoms with Gasteiger partial charge in [-0.25, -0.2) is 9.98 Å². The Morgan fingerprint density at radius 2 is 2.15 bits per heavy atom. The van der Waals surface area contributed by atoms with Gasteiger partial charge in [0.25, 0.3) is 0 Å². The summed E-state index contributed by atoms with van der Waals surface area (Å²) in [6.45, 7) is 7.81. The largest absolute Gasteiger partial charge is 0.478 e. The molecule has 0 fully saturated rings. The lowest BCUT2D eigenvalue weighted by Crippen LogP contribution is -2.38. The quantitative estimate of drug-likeness (QED) is 0.364. The Hall–Kier alpha value is -2.54. The van der Waals surface area contributed by atoms with Crippen LogP contribution >= 0.6 is 0 Å². The fourth-order valence-corrected chi connectivity index (χ4v) is 2.27. The average Bonchev–Trinajstić information content (AvgIpc) is 3.17. The molecule has 0 atom stereocenters. The Morgan fingerprint density at radius 3 is 2.92 bits per heavy atom. The maximum atomic E-state index is 5.57. The molecule has 7 heteroatoms. The van der Waals surface area contributed by atoms with E-state index < -0.39 is 0 Å². The van der Waals surface area contributed by atoms with Gasteiger partial charge >= 0.3 is 0 Å². The van der Waals surface area contributed by atoms with Gasteiger partial charge in [-0.15, -0.1) is 0 Å². The molecule has 0 aromatic carbocycles. The van der Waals surface area contributed by atoms with Crippen LogP contribution in [0.3, 0.4) is 0 Å². The molecule has 2 rings (SSSR count). The molecule has 0 aliphatic heterocycles. The van der Waals surface area contributed by atoms with E-state index in [4.69, 9.17) is 13.9 Å². The molecule has 0 amide bonds. The summed E-state index contributed by atoms with van der Waals surface area (Å²) in [4.78, 5) is 8.86. The summed E-state index contributed by atoms with van der Waals surface area (Å²) in [5.74, 6) is 2.25. The number of aromatic nitrogens is 1.